The molecule has 3 nitrogen and oxygen atoms in total. The maximum atomic E-state index is 10.2. The molecule has 0 aliphatic heterocycles. The smallest absolute Gasteiger partial charge is 0.302 e. The topological polar surface area (TPSA) is 50.1 Å². The third kappa shape index (κ3) is 7.14. The van der Waals surface area contributed by atoms with Gasteiger partial charge in [0.05, 0.1) is 6.61 Å². The molecule has 0 amide bonds. The largest absolute Gasteiger partial charge is 0.466 e. The molecule has 3 heteroatoms. The second kappa shape index (κ2) is 4.97. The van der Waals surface area contributed by atoms with Crippen LogP contribution in [0.2, 0.25) is 0 Å². The molecule has 0 aromatic carbocycles. The summed E-state index contributed by atoms with van der Waals surface area (Å²) in [5, 5.41) is 7.04. The van der Waals surface area contributed by atoms with E-state index in [2.05, 4.69) is 4.74 Å². The number of rotatable bonds is 4. The molecule has 0 fully saturated rings. The summed E-state index contributed by atoms with van der Waals surface area (Å²) in [5.41, 5.74) is 0.632. The van der Waals surface area contributed by atoms with Crippen molar-refractivity contribution < 1.29 is 9.53 Å². The molecule has 0 aromatic heterocycles. The summed E-state index contributed by atoms with van der Waals surface area (Å²) >= 11 is 0. The van der Waals surface area contributed by atoms with E-state index >= 15 is 0 Å². The molecule has 0 atom stereocenters. The van der Waals surface area contributed by atoms with Crippen molar-refractivity contribution in [3.05, 3.63) is 0 Å². The Kier molecular flexibility index (Phi) is 4.54. The first-order valence-corrected chi connectivity index (χ1v) is 3.30. The van der Waals surface area contributed by atoms with E-state index in [0.717, 1.165) is 6.42 Å². The van der Waals surface area contributed by atoms with Crippen LogP contribution in [0, 0.1) is 5.41 Å². The zero-order chi connectivity index (χ0) is 7.98. The van der Waals surface area contributed by atoms with Gasteiger partial charge in [-0.1, -0.05) is 0 Å². The number of carbonyl (C=O) groups is 1. The van der Waals surface area contributed by atoms with E-state index in [1.54, 1.807) is 6.92 Å². The van der Waals surface area contributed by atoms with Gasteiger partial charge in [-0.3, -0.25) is 4.79 Å². The quantitative estimate of drug-likeness (QED) is 0.367. The fourth-order valence-corrected chi connectivity index (χ4v) is 0.553. The standard InChI is InChI=1S/C7H13NO2/c1-6(8)4-3-5-10-7(2)9/h8H,3-5H2,1-2H3. The predicted octanol–water partition coefficient (Wildman–Crippen LogP) is 1.37. The molecular weight excluding hydrogens is 130 g/mol. The number of hydrogen-bond donors (Lipinski definition) is 1. The molecule has 0 unspecified atom stereocenters. The van der Waals surface area contributed by atoms with E-state index in [4.69, 9.17) is 5.41 Å². The van der Waals surface area contributed by atoms with Crippen molar-refractivity contribution >= 4 is 11.7 Å². The van der Waals surface area contributed by atoms with Gasteiger partial charge in [0, 0.05) is 12.6 Å². The lowest BCUT2D eigenvalue weighted by Gasteiger charge is -1.99. The molecule has 1 N–H and O–H groups in total. The summed E-state index contributed by atoms with van der Waals surface area (Å²) in [4.78, 5) is 10.2. The Morgan fingerprint density at radius 3 is 2.50 bits per heavy atom. The van der Waals surface area contributed by atoms with Gasteiger partial charge in [0.25, 0.3) is 0 Å². The van der Waals surface area contributed by atoms with Crippen molar-refractivity contribution in [1.82, 2.24) is 0 Å². The van der Waals surface area contributed by atoms with Gasteiger partial charge >= 0.3 is 5.97 Å². The Hall–Kier alpha value is -0.860. The van der Waals surface area contributed by atoms with E-state index in [-0.39, 0.29) is 5.97 Å². The molecule has 0 heterocycles. The van der Waals surface area contributed by atoms with Crippen LogP contribution in [0.5, 0.6) is 0 Å². The van der Waals surface area contributed by atoms with Crippen LogP contribution in [0.25, 0.3) is 0 Å². The number of hydrogen-bond acceptors (Lipinski definition) is 3. The summed E-state index contributed by atoms with van der Waals surface area (Å²) in [7, 11) is 0. The van der Waals surface area contributed by atoms with Crippen LogP contribution >= 0.6 is 0 Å². The fraction of sp³-hybridized carbons (Fsp3) is 0.714. The minimum Gasteiger partial charge on any atom is -0.466 e. The molecule has 0 saturated carbocycles. The average molecular weight is 143 g/mol. The number of nitrogens with one attached hydrogen (secondary N) is 1. The first-order chi connectivity index (χ1) is 4.63. The highest BCUT2D eigenvalue weighted by Crippen LogP contribution is 1.91. The summed E-state index contributed by atoms with van der Waals surface area (Å²) < 4.78 is 4.66. The van der Waals surface area contributed by atoms with Gasteiger partial charge in [-0.15, -0.1) is 0 Å². The highest BCUT2D eigenvalue weighted by molar-refractivity contribution is 5.78. The third-order valence-corrected chi connectivity index (χ3v) is 1.00. The number of esters is 1. The van der Waals surface area contributed by atoms with E-state index in [0.29, 0.717) is 18.7 Å². The summed E-state index contributed by atoms with van der Waals surface area (Å²) in [6, 6.07) is 0. The molecule has 0 rings (SSSR count). The van der Waals surface area contributed by atoms with Crippen LogP contribution in [0.1, 0.15) is 26.7 Å². The number of ether oxygens (including phenoxy) is 1. The van der Waals surface area contributed by atoms with Gasteiger partial charge in [0.2, 0.25) is 0 Å². The van der Waals surface area contributed by atoms with Crippen molar-refractivity contribution in [2.45, 2.75) is 26.7 Å². The van der Waals surface area contributed by atoms with Crippen molar-refractivity contribution in [2.75, 3.05) is 6.61 Å². The molecule has 0 aliphatic rings. The Balaban J connectivity index is 3.06. The lowest BCUT2D eigenvalue weighted by Crippen LogP contribution is -2.01. The van der Waals surface area contributed by atoms with Crippen molar-refractivity contribution in [3.63, 3.8) is 0 Å². The van der Waals surface area contributed by atoms with Gasteiger partial charge in [-0.05, 0) is 19.8 Å². The van der Waals surface area contributed by atoms with Crippen molar-refractivity contribution in [1.29, 1.82) is 5.41 Å². The van der Waals surface area contributed by atoms with Gasteiger partial charge in [-0.2, -0.15) is 0 Å². The molecule has 0 radical (unpaired) electrons. The highest BCUT2D eigenvalue weighted by atomic mass is 16.5. The van der Waals surface area contributed by atoms with Crippen molar-refractivity contribution in [2.24, 2.45) is 0 Å². The SMILES string of the molecule is CC(=N)CCCOC(C)=O. The Labute approximate surface area is 60.9 Å². The van der Waals surface area contributed by atoms with Crippen LogP contribution in [0.4, 0.5) is 0 Å². The minimum atomic E-state index is -0.248. The van der Waals surface area contributed by atoms with Crippen LogP contribution in [0.15, 0.2) is 0 Å². The first kappa shape index (κ1) is 9.14. The van der Waals surface area contributed by atoms with Crippen LogP contribution < -0.4 is 0 Å². The molecule has 0 spiro atoms. The predicted molar refractivity (Wildman–Crippen MR) is 39.3 cm³/mol. The molecule has 10 heavy (non-hydrogen) atoms. The van der Waals surface area contributed by atoms with Gasteiger partial charge in [-0.25, -0.2) is 0 Å². The molecular formula is C7H13NO2. The van der Waals surface area contributed by atoms with Gasteiger partial charge in [0.15, 0.2) is 0 Å². The maximum Gasteiger partial charge on any atom is 0.302 e. The fourth-order valence-electron chi connectivity index (χ4n) is 0.553. The third-order valence-electron chi connectivity index (χ3n) is 1.00. The van der Waals surface area contributed by atoms with E-state index < -0.39 is 0 Å². The first-order valence-electron chi connectivity index (χ1n) is 3.30. The van der Waals surface area contributed by atoms with E-state index in [1.165, 1.54) is 6.92 Å². The lowest BCUT2D eigenvalue weighted by molar-refractivity contribution is -0.141. The zero-order valence-electron chi connectivity index (χ0n) is 6.44. The lowest BCUT2D eigenvalue weighted by atomic mass is 10.2. The average Bonchev–Trinajstić information content (AvgIpc) is 1.79. The zero-order valence-corrected chi connectivity index (χ0v) is 6.44. The van der Waals surface area contributed by atoms with Crippen molar-refractivity contribution in [3.8, 4) is 0 Å². The van der Waals surface area contributed by atoms with Crippen LogP contribution in [-0.4, -0.2) is 18.3 Å². The minimum absolute atomic E-state index is 0.248. The Morgan fingerprint density at radius 1 is 1.50 bits per heavy atom. The van der Waals surface area contributed by atoms with Gasteiger partial charge < -0.3 is 10.1 Å². The number of carbonyl (C=O) groups excluding carboxylic acids is 1. The van der Waals surface area contributed by atoms with Crippen LogP contribution in [-0.2, 0) is 9.53 Å². The molecule has 0 aliphatic carbocycles. The molecule has 0 aromatic rings. The van der Waals surface area contributed by atoms with Crippen LogP contribution in [0.3, 0.4) is 0 Å². The maximum absolute atomic E-state index is 10.2. The normalized spacial score (nSPS) is 9.00. The second-order valence-corrected chi connectivity index (χ2v) is 2.22. The van der Waals surface area contributed by atoms with E-state index in [1.807, 2.05) is 0 Å². The molecule has 0 saturated heterocycles. The van der Waals surface area contributed by atoms with Gasteiger partial charge in [0.1, 0.15) is 0 Å². The summed E-state index contributed by atoms with van der Waals surface area (Å²) in [6.45, 7) is 3.57. The Bertz CT molecular complexity index is 116. The Morgan fingerprint density at radius 2 is 2.10 bits per heavy atom. The summed E-state index contributed by atoms with van der Waals surface area (Å²) in [6.07, 6.45) is 1.47. The van der Waals surface area contributed by atoms with E-state index in [9.17, 15) is 4.79 Å². The molecule has 0 bridgehead atoms. The highest BCUT2D eigenvalue weighted by Gasteiger charge is 1.92. The summed E-state index contributed by atoms with van der Waals surface area (Å²) in [5.74, 6) is -0.248. The monoisotopic (exact) mass is 143 g/mol. The molecule has 58 valence electrons. The second-order valence-electron chi connectivity index (χ2n) is 2.22.